The largest absolute Gasteiger partial charge is 0.378 e. The number of rotatable bonds is 6. The number of benzene rings is 1. The number of hydrogen-bond acceptors (Lipinski definition) is 5. The maximum absolute atomic E-state index is 5.46. The Hall–Kier alpha value is -1.59. The molecule has 1 fully saturated rings. The van der Waals surface area contributed by atoms with Gasteiger partial charge in [0.25, 0.3) is 0 Å². The van der Waals surface area contributed by atoms with Crippen LogP contribution in [0.5, 0.6) is 0 Å². The van der Waals surface area contributed by atoms with E-state index in [9.17, 15) is 0 Å². The third-order valence-electron chi connectivity index (χ3n) is 4.24. The lowest BCUT2D eigenvalue weighted by molar-refractivity contribution is 0.123. The molecular weight excluding hydrogens is 306 g/mol. The van der Waals surface area contributed by atoms with Gasteiger partial charge in [-0.15, -0.1) is 0 Å². The molecule has 1 aliphatic rings. The molecule has 1 atom stereocenters. The fourth-order valence-electron chi connectivity index (χ4n) is 2.80. The van der Waals surface area contributed by atoms with Gasteiger partial charge in [-0.3, -0.25) is 0 Å². The Morgan fingerprint density at radius 1 is 1.26 bits per heavy atom. The van der Waals surface area contributed by atoms with E-state index in [0.717, 1.165) is 44.4 Å². The minimum Gasteiger partial charge on any atom is -0.378 e. The van der Waals surface area contributed by atoms with Crippen molar-refractivity contribution in [1.82, 2.24) is 4.98 Å². The average molecular weight is 331 g/mol. The summed E-state index contributed by atoms with van der Waals surface area (Å²) < 4.78 is 5.46. The highest BCUT2D eigenvalue weighted by Gasteiger charge is 2.19. The van der Waals surface area contributed by atoms with Crippen LogP contribution < -0.4 is 10.2 Å². The summed E-state index contributed by atoms with van der Waals surface area (Å²) in [5, 5.41) is 5.87. The Labute approximate surface area is 142 Å². The van der Waals surface area contributed by atoms with Crippen LogP contribution in [-0.4, -0.2) is 37.8 Å². The van der Waals surface area contributed by atoms with Gasteiger partial charge in [-0.1, -0.05) is 55.5 Å². The number of hydrogen-bond donors (Lipinski definition) is 1. The van der Waals surface area contributed by atoms with E-state index in [2.05, 4.69) is 54.4 Å². The van der Waals surface area contributed by atoms with Crippen LogP contribution >= 0.6 is 11.3 Å². The molecule has 2 heterocycles. The van der Waals surface area contributed by atoms with Crippen molar-refractivity contribution in [2.45, 2.75) is 26.2 Å². The first-order chi connectivity index (χ1) is 11.3. The highest BCUT2D eigenvalue weighted by Crippen LogP contribution is 2.33. The van der Waals surface area contributed by atoms with Crippen LogP contribution in [0.15, 0.2) is 30.3 Å². The van der Waals surface area contributed by atoms with Gasteiger partial charge in [0.2, 0.25) is 0 Å². The molecule has 3 rings (SSSR count). The van der Waals surface area contributed by atoms with Crippen molar-refractivity contribution >= 4 is 21.5 Å². The number of anilines is 2. The van der Waals surface area contributed by atoms with Crippen molar-refractivity contribution in [3.8, 4) is 0 Å². The molecule has 23 heavy (non-hydrogen) atoms. The van der Waals surface area contributed by atoms with Crippen molar-refractivity contribution in [2.75, 3.05) is 43.1 Å². The third kappa shape index (κ3) is 4.03. The lowest BCUT2D eigenvalue weighted by Gasteiger charge is -2.27. The third-order valence-corrected chi connectivity index (χ3v) is 5.35. The molecule has 1 saturated heterocycles. The monoisotopic (exact) mass is 331 g/mol. The molecule has 0 amide bonds. The normalized spacial score (nSPS) is 16.3. The average Bonchev–Trinajstić information content (AvgIpc) is 3.04. The number of aryl methyl sites for hydroxylation is 1. The van der Waals surface area contributed by atoms with Crippen molar-refractivity contribution in [1.29, 1.82) is 0 Å². The summed E-state index contributed by atoms with van der Waals surface area (Å²) >= 11 is 1.78. The van der Waals surface area contributed by atoms with E-state index >= 15 is 0 Å². The fraction of sp³-hybridized carbons (Fsp3) is 0.500. The summed E-state index contributed by atoms with van der Waals surface area (Å²) in [5.41, 5.74) is 2.56. The van der Waals surface area contributed by atoms with Crippen molar-refractivity contribution in [3.63, 3.8) is 0 Å². The molecule has 4 nitrogen and oxygen atoms in total. The number of morpholine rings is 1. The standard InChI is InChI=1S/C18H25N3OS/c1-3-16-17(21-9-11-22-12-10-21)23-18(20-16)19-13-14(2)15-7-5-4-6-8-15/h4-8,14H,3,9-13H2,1-2H3,(H,19,20). The molecule has 1 aromatic heterocycles. The van der Waals surface area contributed by atoms with Crippen molar-refractivity contribution < 1.29 is 4.74 Å². The molecule has 2 aromatic rings. The first-order valence-corrected chi connectivity index (χ1v) is 9.20. The molecule has 5 heteroatoms. The van der Waals surface area contributed by atoms with E-state index in [4.69, 9.17) is 9.72 Å². The zero-order valence-electron chi connectivity index (χ0n) is 13.9. The second-order valence-electron chi connectivity index (χ2n) is 5.92. The first-order valence-electron chi connectivity index (χ1n) is 8.39. The summed E-state index contributed by atoms with van der Waals surface area (Å²) in [5.74, 6) is 0.469. The van der Waals surface area contributed by atoms with Crippen LogP contribution in [0, 0.1) is 0 Å². The van der Waals surface area contributed by atoms with Gasteiger partial charge in [0.1, 0.15) is 5.00 Å². The molecule has 0 spiro atoms. The number of nitrogens with one attached hydrogen (secondary N) is 1. The maximum Gasteiger partial charge on any atom is 0.184 e. The fourth-order valence-corrected chi connectivity index (χ4v) is 3.92. The molecule has 0 bridgehead atoms. The predicted molar refractivity (Wildman–Crippen MR) is 97.9 cm³/mol. The van der Waals surface area contributed by atoms with Gasteiger partial charge < -0.3 is 15.0 Å². The Bertz CT molecular complexity index is 608. The molecule has 0 aliphatic carbocycles. The van der Waals surface area contributed by atoms with Crippen LogP contribution in [0.4, 0.5) is 10.1 Å². The van der Waals surface area contributed by atoms with Crippen molar-refractivity contribution in [3.05, 3.63) is 41.6 Å². The van der Waals surface area contributed by atoms with E-state index in [1.54, 1.807) is 11.3 Å². The Kier molecular flexibility index (Phi) is 5.51. The molecule has 0 saturated carbocycles. The summed E-state index contributed by atoms with van der Waals surface area (Å²) in [6, 6.07) is 10.6. The molecule has 1 unspecified atom stereocenters. The van der Waals surface area contributed by atoms with Gasteiger partial charge in [0, 0.05) is 19.6 Å². The molecule has 1 aliphatic heterocycles. The Morgan fingerprint density at radius 3 is 2.70 bits per heavy atom. The number of thiazole rings is 1. The number of ether oxygens (including phenoxy) is 1. The van der Waals surface area contributed by atoms with Gasteiger partial charge in [0.15, 0.2) is 5.13 Å². The zero-order valence-corrected chi connectivity index (χ0v) is 14.7. The van der Waals surface area contributed by atoms with Crippen LogP contribution in [0.3, 0.4) is 0 Å². The SMILES string of the molecule is CCc1nc(NCC(C)c2ccccc2)sc1N1CCOCC1. The van der Waals surface area contributed by atoms with Gasteiger partial charge >= 0.3 is 0 Å². The minimum atomic E-state index is 0.469. The van der Waals surface area contributed by atoms with E-state index in [0.29, 0.717) is 5.92 Å². The molecule has 1 N–H and O–H groups in total. The minimum absolute atomic E-state index is 0.469. The zero-order chi connectivity index (χ0) is 16.1. The first kappa shape index (κ1) is 16.3. The molecule has 124 valence electrons. The predicted octanol–water partition coefficient (Wildman–Crippen LogP) is 3.76. The smallest absolute Gasteiger partial charge is 0.184 e. The second-order valence-corrected chi connectivity index (χ2v) is 6.89. The summed E-state index contributed by atoms with van der Waals surface area (Å²) in [6.07, 6.45) is 0.971. The van der Waals surface area contributed by atoms with E-state index in [1.807, 2.05) is 0 Å². The van der Waals surface area contributed by atoms with Gasteiger partial charge in [-0.25, -0.2) is 4.98 Å². The molecule has 1 aromatic carbocycles. The second kappa shape index (κ2) is 7.79. The quantitative estimate of drug-likeness (QED) is 0.874. The Morgan fingerprint density at radius 2 is 2.00 bits per heavy atom. The summed E-state index contributed by atoms with van der Waals surface area (Å²) in [7, 11) is 0. The van der Waals surface area contributed by atoms with E-state index in [-0.39, 0.29) is 0 Å². The van der Waals surface area contributed by atoms with Crippen LogP contribution in [-0.2, 0) is 11.2 Å². The van der Waals surface area contributed by atoms with Crippen LogP contribution in [0.1, 0.15) is 31.0 Å². The highest BCUT2D eigenvalue weighted by molar-refractivity contribution is 7.19. The topological polar surface area (TPSA) is 37.4 Å². The van der Waals surface area contributed by atoms with Gasteiger partial charge in [0.05, 0.1) is 18.9 Å². The van der Waals surface area contributed by atoms with Gasteiger partial charge in [-0.2, -0.15) is 0 Å². The Balaban J connectivity index is 1.65. The molecule has 0 radical (unpaired) electrons. The molecular formula is C18H25N3OS. The highest BCUT2D eigenvalue weighted by atomic mass is 32.1. The number of nitrogens with zero attached hydrogens (tertiary/aromatic N) is 2. The van der Waals surface area contributed by atoms with Crippen molar-refractivity contribution in [2.24, 2.45) is 0 Å². The van der Waals surface area contributed by atoms with Gasteiger partial charge in [-0.05, 0) is 17.9 Å². The summed E-state index contributed by atoms with van der Waals surface area (Å²) in [6.45, 7) is 8.89. The van der Waals surface area contributed by atoms with E-state index < -0.39 is 0 Å². The lowest BCUT2D eigenvalue weighted by atomic mass is 10.0. The maximum atomic E-state index is 5.46. The lowest BCUT2D eigenvalue weighted by Crippen LogP contribution is -2.36. The summed E-state index contributed by atoms with van der Waals surface area (Å²) in [4.78, 5) is 7.20. The van der Waals surface area contributed by atoms with Crippen LogP contribution in [0.2, 0.25) is 0 Å². The number of aromatic nitrogens is 1. The van der Waals surface area contributed by atoms with Crippen LogP contribution in [0.25, 0.3) is 0 Å². The van der Waals surface area contributed by atoms with E-state index in [1.165, 1.54) is 16.3 Å².